The summed E-state index contributed by atoms with van der Waals surface area (Å²) in [6, 6.07) is 7.63. The second-order valence-electron chi connectivity index (χ2n) is 4.73. The molecule has 0 saturated heterocycles. The van der Waals surface area contributed by atoms with Crippen molar-refractivity contribution in [1.29, 1.82) is 0 Å². The molecule has 0 radical (unpaired) electrons. The first kappa shape index (κ1) is 13.4. The van der Waals surface area contributed by atoms with Crippen LogP contribution in [0.25, 0.3) is 0 Å². The Labute approximate surface area is 115 Å². The number of carbonyl (C=O) groups excluding carboxylic acids is 1. The number of nitrogens with one attached hydrogen (secondary N) is 1. The van der Waals surface area contributed by atoms with Gasteiger partial charge in [0, 0.05) is 0 Å². The summed E-state index contributed by atoms with van der Waals surface area (Å²) in [7, 11) is 0. The van der Waals surface area contributed by atoms with Gasteiger partial charge in [0.15, 0.2) is 0 Å². The molecule has 5 heteroatoms. The molecular weight excluding hydrogens is 296 g/mol. The molecule has 98 valence electrons. The molecule has 1 unspecified atom stereocenters. The highest BCUT2D eigenvalue weighted by Crippen LogP contribution is 2.32. The molecule has 0 spiro atoms. The average molecular weight is 313 g/mol. The molecule has 18 heavy (non-hydrogen) atoms. The summed E-state index contributed by atoms with van der Waals surface area (Å²) < 4.78 is 6.63. The molecule has 1 aromatic carbocycles. The lowest BCUT2D eigenvalue weighted by Crippen LogP contribution is -2.45. The summed E-state index contributed by atoms with van der Waals surface area (Å²) in [5.74, 6) is 0.693. The number of para-hydroxylation sites is 1. The first-order valence-corrected chi connectivity index (χ1v) is 6.79. The Morgan fingerprint density at radius 1 is 1.56 bits per heavy atom. The van der Waals surface area contributed by atoms with Gasteiger partial charge in [-0.15, -0.1) is 0 Å². The Balaban J connectivity index is 1.80. The molecule has 1 aliphatic rings. The lowest BCUT2D eigenvalue weighted by atomic mass is 10.2. The first-order chi connectivity index (χ1) is 8.51. The smallest absolute Gasteiger partial charge is 0.240 e. The van der Waals surface area contributed by atoms with Crippen LogP contribution < -0.4 is 15.8 Å². The standard InChI is InChI=1S/C13H17BrN2O2/c1-9(8-16-12(17)13(15)6-7-13)18-11-5-3-2-4-10(11)14/h2-5,9H,6-8,15H2,1H3,(H,16,17). The Bertz CT molecular complexity index is 446. The summed E-state index contributed by atoms with van der Waals surface area (Å²) in [5.41, 5.74) is 5.17. The third-order valence-corrected chi connectivity index (χ3v) is 3.61. The molecular formula is C13H17BrN2O2. The SMILES string of the molecule is CC(CNC(=O)C1(N)CC1)Oc1ccccc1Br. The van der Waals surface area contributed by atoms with Crippen molar-refractivity contribution in [2.75, 3.05) is 6.54 Å². The van der Waals surface area contributed by atoms with Gasteiger partial charge in [-0.2, -0.15) is 0 Å². The molecule has 0 bridgehead atoms. The van der Waals surface area contributed by atoms with E-state index in [0.29, 0.717) is 6.54 Å². The number of amides is 1. The van der Waals surface area contributed by atoms with Gasteiger partial charge in [-0.25, -0.2) is 0 Å². The van der Waals surface area contributed by atoms with Crippen LogP contribution in [0.1, 0.15) is 19.8 Å². The Kier molecular flexibility index (Phi) is 3.92. The zero-order valence-corrected chi connectivity index (χ0v) is 11.9. The van der Waals surface area contributed by atoms with Crippen molar-refractivity contribution in [2.24, 2.45) is 5.73 Å². The lowest BCUT2D eigenvalue weighted by molar-refractivity contribution is -0.123. The van der Waals surface area contributed by atoms with Crippen molar-refractivity contribution < 1.29 is 9.53 Å². The summed E-state index contributed by atoms with van der Waals surface area (Å²) >= 11 is 3.41. The van der Waals surface area contributed by atoms with Gasteiger partial charge in [-0.1, -0.05) is 12.1 Å². The van der Waals surface area contributed by atoms with Gasteiger partial charge in [0.25, 0.3) is 0 Å². The van der Waals surface area contributed by atoms with Crippen molar-refractivity contribution >= 4 is 21.8 Å². The third-order valence-electron chi connectivity index (χ3n) is 2.96. The predicted molar refractivity (Wildman–Crippen MR) is 73.4 cm³/mol. The fourth-order valence-corrected chi connectivity index (χ4v) is 1.95. The third kappa shape index (κ3) is 3.23. The molecule has 3 N–H and O–H groups in total. The van der Waals surface area contributed by atoms with Crippen LogP contribution in [0.4, 0.5) is 0 Å². The van der Waals surface area contributed by atoms with Crippen LogP contribution in [0.5, 0.6) is 5.75 Å². The summed E-state index contributed by atoms with van der Waals surface area (Å²) in [6.07, 6.45) is 1.45. The monoisotopic (exact) mass is 312 g/mol. The number of ether oxygens (including phenoxy) is 1. The molecule has 1 saturated carbocycles. The molecule has 1 atom stereocenters. The van der Waals surface area contributed by atoms with E-state index in [9.17, 15) is 4.79 Å². The summed E-state index contributed by atoms with van der Waals surface area (Å²) in [5, 5.41) is 2.82. The lowest BCUT2D eigenvalue weighted by Gasteiger charge is -2.17. The molecule has 1 amide bonds. The molecule has 1 aliphatic carbocycles. The number of benzene rings is 1. The maximum absolute atomic E-state index is 11.6. The normalized spacial score (nSPS) is 17.9. The zero-order valence-electron chi connectivity index (χ0n) is 10.3. The van der Waals surface area contributed by atoms with E-state index in [-0.39, 0.29) is 12.0 Å². The molecule has 0 aromatic heterocycles. The van der Waals surface area contributed by atoms with Gasteiger partial charge in [0.05, 0.1) is 16.6 Å². The van der Waals surface area contributed by atoms with E-state index in [1.165, 1.54) is 0 Å². The number of nitrogens with two attached hydrogens (primary N) is 1. The second-order valence-corrected chi connectivity index (χ2v) is 5.58. The quantitative estimate of drug-likeness (QED) is 0.871. The van der Waals surface area contributed by atoms with Crippen LogP contribution >= 0.6 is 15.9 Å². The van der Waals surface area contributed by atoms with Crippen molar-refractivity contribution in [1.82, 2.24) is 5.32 Å². The molecule has 2 rings (SSSR count). The van der Waals surface area contributed by atoms with E-state index in [0.717, 1.165) is 23.1 Å². The molecule has 4 nitrogen and oxygen atoms in total. The largest absolute Gasteiger partial charge is 0.488 e. The number of carbonyl (C=O) groups is 1. The van der Waals surface area contributed by atoms with Crippen LogP contribution in [0.3, 0.4) is 0 Å². The van der Waals surface area contributed by atoms with E-state index in [1.54, 1.807) is 0 Å². The number of rotatable bonds is 5. The van der Waals surface area contributed by atoms with Crippen LogP contribution in [0, 0.1) is 0 Å². The van der Waals surface area contributed by atoms with Crippen molar-refractivity contribution in [3.63, 3.8) is 0 Å². The number of hydrogen-bond donors (Lipinski definition) is 2. The fourth-order valence-electron chi connectivity index (χ4n) is 1.57. The minimum atomic E-state index is -0.618. The van der Waals surface area contributed by atoms with Gasteiger partial charge in [0.1, 0.15) is 11.9 Å². The second kappa shape index (κ2) is 5.28. The van der Waals surface area contributed by atoms with Gasteiger partial charge >= 0.3 is 0 Å². The van der Waals surface area contributed by atoms with E-state index < -0.39 is 5.54 Å². The maximum atomic E-state index is 11.6. The van der Waals surface area contributed by atoms with Gasteiger partial charge in [-0.3, -0.25) is 4.79 Å². The first-order valence-electron chi connectivity index (χ1n) is 6.00. The fraction of sp³-hybridized carbons (Fsp3) is 0.462. The zero-order chi connectivity index (χ0) is 13.2. The van der Waals surface area contributed by atoms with Crippen molar-refractivity contribution in [2.45, 2.75) is 31.4 Å². The molecule has 0 aliphatic heterocycles. The van der Waals surface area contributed by atoms with Crippen LogP contribution in [-0.4, -0.2) is 24.1 Å². The summed E-state index contributed by atoms with van der Waals surface area (Å²) in [6.45, 7) is 2.37. The Morgan fingerprint density at radius 2 is 2.22 bits per heavy atom. The summed E-state index contributed by atoms with van der Waals surface area (Å²) in [4.78, 5) is 11.6. The topological polar surface area (TPSA) is 64.4 Å². The van der Waals surface area contributed by atoms with E-state index in [2.05, 4.69) is 21.2 Å². The van der Waals surface area contributed by atoms with Crippen LogP contribution in [-0.2, 0) is 4.79 Å². The minimum Gasteiger partial charge on any atom is -0.488 e. The molecule has 1 fully saturated rings. The highest BCUT2D eigenvalue weighted by molar-refractivity contribution is 9.10. The highest BCUT2D eigenvalue weighted by atomic mass is 79.9. The van der Waals surface area contributed by atoms with Crippen molar-refractivity contribution in [3.8, 4) is 5.75 Å². The molecule has 0 heterocycles. The number of halogens is 1. The van der Waals surface area contributed by atoms with E-state index in [1.807, 2.05) is 31.2 Å². The maximum Gasteiger partial charge on any atom is 0.240 e. The predicted octanol–water partition coefficient (Wildman–Crippen LogP) is 1.82. The number of hydrogen-bond acceptors (Lipinski definition) is 3. The average Bonchev–Trinajstić information content (AvgIpc) is 3.09. The van der Waals surface area contributed by atoms with Crippen LogP contribution in [0.2, 0.25) is 0 Å². The molecule has 1 aromatic rings. The van der Waals surface area contributed by atoms with Gasteiger partial charge < -0.3 is 15.8 Å². The van der Waals surface area contributed by atoms with E-state index in [4.69, 9.17) is 10.5 Å². The Hall–Kier alpha value is -1.07. The van der Waals surface area contributed by atoms with Gasteiger partial charge in [0.2, 0.25) is 5.91 Å². The Morgan fingerprint density at radius 3 is 2.83 bits per heavy atom. The van der Waals surface area contributed by atoms with Gasteiger partial charge in [-0.05, 0) is 47.8 Å². The minimum absolute atomic E-state index is 0.0786. The van der Waals surface area contributed by atoms with E-state index >= 15 is 0 Å². The van der Waals surface area contributed by atoms with Crippen LogP contribution in [0.15, 0.2) is 28.7 Å². The highest BCUT2D eigenvalue weighted by Gasteiger charge is 2.45. The van der Waals surface area contributed by atoms with Crippen molar-refractivity contribution in [3.05, 3.63) is 28.7 Å².